The van der Waals surface area contributed by atoms with Crippen molar-refractivity contribution in [2.45, 2.75) is 33.7 Å². The van der Waals surface area contributed by atoms with Crippen molar-refractivity contribution in [3.05, 3.63) is 59.7 Å². The molecule has 0 unspecified atom stereocenters. The lowest BCUT2D eigenvalue weighted by molar-refractivity contribution is -0.130. The van der Waals surface area contributed by atoms with E-state index in [4.69, 9.17) is 0 Å². The highest BCUT2D eigenvalue weighted by molar-refractivity contribution is 5.92. The monoisotopic (exact) mass is 367 g/mol. The van der Waals surface area contributed by atoms with Gasteiger partial charge in [-0.05, 0) is 42.3 Å². The fourth-order valence-electron chi connectivity index (χ4n) is 2.64. The highest BCUT2D eigenvalue weighted by atomic mass is 16.2. The van der Waals surface area contributed by atoms with E-state index in [0.29, 0.717) is 24.5 Å². The number of carbonyl (C=O) groups is 3. The number of carbonyl (C=O) groups excluding carboxylic acids is 3. The van der Waals surface area contributed by atoms with Gasteiger partial charge in [0, 0.05) is 44.7 Å². The number of nitrogens with one attached hydrogen (secondary N) is 2. The Hall–Kier alpha value is -3.15. The van der Waals surface area contributed by atoms with Crippen LogP contribution in [0.3, 0.4) is 0 Å². The van der Waals surface area contributed by atoms with Crippen LogP contribution >= 0.6 is 0 Å². The van der Waals surface area contributed by atoms with E-state index in [-0.39, 0.29) is 24.1 Å². The van der Waals surface area contributed by atoms with Crippen LogP contribution in [0.4, 0.5) is 11.4 Å². The van der Waals surface area contributed by atoms with Crippen LogP contribution in [0.1, 0.15) is 31.4 Å². The average molecular weight is 367 g/mol. The lowest BCUT2D eigenvalue weighted by Gasteiger charge is -2.22. The lowest BCUT2D eigenvalue weighted by Crippen LogP contribution is -2.31. The first-order chi connectivity index (χ1) is 12.8. The Bertz CT molecular complexity index is 816. The van der Waals surface area contributed by atoms with Crippen molar-refractivity contribution in [2.75, 3.05) is 17.2 Å². The first kappa shape index (κ1) is 20.2. The van der Waals surface area contributed by atoms with Gasteiger partial charge in [-0.15, -0.1) is 0 Å². The zero-order valence-corrected chi connectivity index (χ0v) is 15.9. The van der Waals surface area contributed by atoms with Crippen LogP contribution in [-0.4, -0.2) is 29.2 Å². The van der Waals surface area contributed by atoms with Crippen LogP contribution < -0.4 is 10.6 Å². The third kappa shape index (κ3) is 6.58. The predicted octanol–water partition coefficient (Wildman–Crippen LogP) is 3.33. The van der Waals surface area contributed by atoms with Crippen LogP contribution in [0, 0.1) is 6.92 Å². The van der Waals surface area contributed by atoms with Crippen molar-refractivity contribution >= 4 is 29.1 Å². The Morgan fingerprint density at radius 1 is 0.889 bits per heavy atom. The molecule has 2 aromatic rings. The number of amides is 3. The molecule has 0 aliphatic rings. The molecule has 0 atom stereocenters. The van der Waals surface area contributed by atoms with E-state index in [1.807, 2.05) is 31.2 Å². The van der Waals surface area contributed by atoms with E-state index in [1.54, 1.807) is 29.2 Å². The van der Waals surface area contributed by atoms with Crippen LogP contribution in [0.5, 0.6) is 0 Å². The highest BCUT2D eigenvalue weighted by Crippen LogP contribution is 2.14. The molecular weight excluding hydrogens is 342 g/mol. The SMILES string of the molecule is CC(=O)Nc1ccc(NC(=O)CCN(Cc2ccccc2C)C(C)=O)cc1. The fourth-order valence-corrected chi connectivity index (χ4v) is 2.64. The molecule has 2 rings (SSSR count). The number of aryl methyl sites for hydroxylation is 1. The summed E-state index contributed by atoms with van der Waals surface area (Å²) in [6, 6.07) is 14.8. The topological polar surface area (TPSA) is 78.5 Å². The smallest absolute Gasteiger partial charge is 0.226 e. The molecule has 0 fully saturated rings. The van der Waals surface area contributed by atoms with Crippen molar-refractivity contribution in [1.82, 2.24) is 4.90 Å². The first-order valence-corrected chi connectivity index (χ1v) is 8.82. The number of benzene rings is 2. The van der Waals surface area contributed by atoms with Gasteiger partial charge >= 0.3 is 0 Å². The maximum absolute atomic E-state index is 12.2. The number of hydrogen-bond acceptors (Lipinski definition) is 3. The Morgan fingerprint density at radius 2 is 1.48 bits per heavy atom. The minimum absolute atomic E-state index is 0.0642. The van der Waals surface area contributed by atoms with Crippen LogP contribution in [-0.2, 0) is 20.9 Å². The molecule has 0 bridgehead atoms. The summed E-state index contributed by atoms with van der Waals surface area (Å²) < 4.78 is 0. The molecule has 2 N–H and O–H groups in total. The van der Waals surface area contributed by atoms with Crippen LogP contribution in [0.15, 0.2) is 48.5 Å². The summed E-state index contributed by atoms with van der Waals surface area (Å²) in [6.45, 7) is 5.79. The molecule has 0 aliphatic carbocycles. The Balaban J connectivity index is 1.89. The van der Waals surface area contributed by atoms with Gasteiger partial charge in [-0.1, -0.05) is 24.3 Å². The van der Waals surface area contributed by atoms with Gasteiger partial charge in [-0.3, -0.25) is 14.4 Å². The van der Waals surface area contributed by atoms with Crippen molar-refractivity contribution in [3.63, 3.8) is 0 Å². The summed E-state index contributed by atoms with van der Waals surface area (Å²) in [5, 5.41) is 5.47. The van der Waals surface area contributed by atoms with Crippen molar-refractivity contribution in [2.24, 2.45) is 0 Å². The maximum atomic E-state index is 12.2. The Kier molecular flexibility index (Phi) is 7.11. The third-order valence-electron chi connectivity index (χ3n) is 4.17. The molecule has 142 valence electrons. The fraction of sp³-hybridized carbons (Fsp3) is 0.286. The summed E-state index contributed by atoms with van der Waals surface area (Å²) >= 11 is 0. The minimum atomic E-state index is -0.168. The Labute approximate surface area is 159 Å². The molecule has 0 saturated carbocycles. The van der Waals surface area contributed by atoms with Gasteiger partial charge in [0.2, 0.25) is 17.7 Å². The average Bonchev–Trinajstić information content (AvgIpc) is 2.61. The number of nitrogens with zero attached hydrogens (tertiary/aromatic N) is 1. The second kappa shape index (κ2) is 9.52. The quantitative estimate of drug-likeness (QED) is 0.788. The summed E-state index contributed by atoms with van der Waals surface area (Å²) in [5.41, 5.74) is 3.50. The molecule has 2 aromatic carbocycles. The molecule has 0 heterocycles. The maximum Gasteiger partial charge on any atom is 0.226 e. The van der Waals surface area contributed by atoms with Gasteiger partial charge in [0.25, 0.3) is 0 Å². The molecule has 3 amide bonds. The first-order valence-electron chi connectivity index (χ1n) is 8.82. The van der Waals surface area contributed by atoms with Gasteiger partial charge in [0.15, 0.2) is 0 Å². The molecule has 0 spiro atoms. The third-order valence-corrected chi connectivity index (χ3v) is 4.17. The van der Waals surface area contributed by atoms with Gasteiger partial charge in [-0.25, -0.2) is 0 Å². The van der Waals surface area contributed by atoms with Crippen molar-refractivity contribution < 1.29 is 14.4 Å². The van der Waals surface area contributed by atoms with E-state index in [0.717, 1.165) is 11.1 Å². The summed E-state index contributed by atoms with van der Waals surface area (Å²) in [5.74, 6) is -0.381. The second-order valence-corrected chi connectivity index (χ2v) is 6.42. The van der Waals surface area contributed by atoms with E-state index in [9.17, 15) is 14.4 Å². The van der Waals surface area contributed by atoms with Gasteiger partial charge in [0.05, 0.1) is 0 Å². The van der Waals surface area contributed by atoms with Crippen LogP contribution in [0.25, 0.3) is 0 Å². The van der Waals surface area contributed by atoms with Crippen LogP contribution in [0.2, 0.25) is 0 Å². The van der Waals surface area contributed by atoms with E-state index in [1.165, 1.54) is 13.8 Å². The van der Waals surface area contributed by atoms with Gasteiger partial charge in [0.1, 0.15) is 0 Å². The molecule has 6 nitrogen and oxygen atoms in total. The van der Waals surface area contributed by atoms with E-state index < -0.39 is 0 Å². The second-order valence-electron chi connectivity index (χ2n) is 6.42. The lowest BCUT2D eigenvalue weighted by atomic mass is 10.1. The molecule has 0 radical (unpaired) electrons. The van der Waals surface area contributed by atoms with E-state index in [2.05, 4.69) is 10.6 Å². The number of anilines is 2. The molecule has 0 aliphatic heterocycles. The normalized spacial score (nSPS) is 10.2. The van der Waals surface area contributed by atoms with Gasteiger partial charge < -0.3 is 15.5 Å². The molecule has 0 aromatic heterocycles. The van der Waals surface area contributed by atoms with Gasteiger partial charge in [-0.2, -0.15) is 0 Å². The summed E-state index contributed by atoms with van der Waals surface area (Å²) in [6.07, 6.45) is 0.207. The van der Waals surface area contributed by atoms with E-state index >= 15 is 0 Å². The standard InChI is InChI=1S/C21H25N3O3/c1-15-6-4-5-7-18(15)14-24(17(3)26)13-12-21(27)23-20-10-8-19(9-11-20)22-16(2)25/h4-11H,12-14H2,1-3H3,(H,22,25)(H,23,27). The van der Waals surface area contributed by atoms with Crippen molar-refractivity contribution in [3.8, 4) is 0 Å². The largest absolute Gasteiger partial charge is 0.338 e. The highest BCUT2D eigenvalue weighted by Gasteiger charge is 2.13. The molecule has 0 saturated heterocycles. The molecule has 6 heteroatoms. The zero-order valence-electron chi connectivity index (χ0n) is 15.9. The van der Waals surface area contributed by atoms with Crippen molar-refractivity contribution in [1.29, 1.82) is 0 Å². The minimum Gasteiger partial charge on any atom is -0.338 e. The summed E-state index contributed by atoms with van der Waals surface area (Å²) in [7, 11) is 0. The zero-order chi connectivity index (χ0) is 19.8. The number of hydrogen-bond donors (Lipinski definition) is 2. The summed E-state index contributed by atoms with van der Waals surface area (Å²) in [4.78, 5) is 36.8. The molecular formula is C21H25N3O3. The molecule has 27 heavy (non-hydrogen) atoms. The predicted molar refractivity (Wildman–Crippen MR) is 106 cm³/mol. The Morgan fingerprint density at radius 3 is 2.04 bits per heavy atom. The number of rotatable bonds is 7.